The topological polar surface area (TPSA) is 83.6 Å². The Morgan fingerprint density at radius 2 is 1.83 bits per heavy atom. The van der Waals surface area contributed by atoms with Gasteiger partial charge in [0, 0.05) is 19.1 Å². The van der Waals surface area contributed by atoms with E-state index in [4.69, 9.17) is 0 Å². The highest BCUT2D eigenvalue weighted by Crippen LogP contribution is 2.14. The highest BCUT2D eigenvalue weighted by atomic mass is 32.2. The predicted octanol–water partition coefficient (Wildman–Crippen LogP) is -0.811. The van der Waals surface area contributed by atoms with E-state index < -0.39 is 19.9 Å². The van der Waals surface area contributed by atoms with Crippen molar-refractivity contribution in [2.45, 2.75) is 25.3 Å². The molecule has 2 saturated heterocycles. The third-order valence-corrected chi connectivity index (χ3v) is 7.11. The molecule has 2 rings (SSSR count). The van der Waals surface area contributed by atoms with Crippen molar-refractivity contribution in [3.8, 4) is 0 Å². The first kappa shape index (κ1) is 14.2. The second-order valence-electron chi connectivity index (χ2n) is 4.98. The lowest BCUT2D eigenvalue weighted by Crippen LogP contribution is -2.48. The summed E-state index contributed by atoms with van der Waals surface area (Å²) in [7, 11) is -6.36. The SMILES string of the molecule is O=S1(=O)CCN(S(=O)(=O)CC2CCCCN2)CC1. The van der Waals surface area contributed by atoms with E-state index in [9.17, 15) is 16.8 Å². The van der Waals surface area contributed by atoms with E-state index in [1.54, 1.807) is 0 Å². The van der Waals surface area contributed by atoms with Crippen molar-refractivity contribution < 1.29 is 16.8 Å². The van der Waals surface area contributed by atoms with Gasteiger partial charge in [-0.2, -0.15) is 4.31 Å². The van der Waals surface area contributed by atoms with E-state index in [-0.39, 0.29) is 36.4 Å². The van der Waals surface area contributed by atoms with Gasteiger partial charge in [0.05, 0.1) is 17.3 Å². The van der Waals surface area contributed by atoms with Gasteiger partial charge in [-0.3, -0.25) is 0 Å². The highest BCUT2D eigenvalue weighted by Gasteiger charge is 2.31. The number of sulfone groups is 1. The first-order chi connectivity index (χ1) is 8.39. The molecule has 1 atom stereocenters. The lowest BCUT2D eigenvalue weighted by Gasteiger charge is -2.29. The van der Waals surface area contributed by atoms with E-state index in [2.05, 4.69) is 5.32 Å². The molecular weight excluding hydrogens is 276 g/mol. The Kier molecular flexibility index (Phi) is 4.30. The summed E-state index contributed by atoms with van der Waals surface area (Å²) < 4.78 is 48.2. The molecule has 1 unspecified atom stereocenters. The Balaban J connectivity index is 1.94. The van der Waals surface area contributed by atoms with E-state index in [0.29, 0.717) is 0 Å². The molecule has 6 nitrogen and oxygen atoms in total. The number of piperidine rings is 1. The molecule has 0 aromatic carbocycles. The van der Waals surface area contributed by atoms with Crippen LogP contribution in [0.5, 0.6) is 0 Å². The van der Waals surface area contributed by atoms with Crippen LogP contribution in [0.15, 0.2) is 0 Å². The number of nitrogens with one attached hydrogen (secondary N) is 1. The van der Waals surface area contributed by atoms with Crippen LogP contribution in [-0.4, -0.2) is 64.1 Å². The summed E-state index contributed by atoms with van der Waals surface area (Å²) in [4.78, 5) is 0. The molecule has 18 heavy (non-hydrogen) atoms. The van der Waals surface area contributed by atoms with Gasteiger partial charge in [-0.1, -0.05) is 6.42 Å². The molecule has 8 heteroatoms. The van der Waals surface area contributed by atoms with E-state index in [0.717, 1.165) is 25.8 Å². The summed E-state index contributed by atoms with van der Waals surface area (Å²) in [6.45, 7) is 1.09. The zero-order valence-electron chi connectivity index (χ0n) is 10.3. The Hall–Kier alpha value is -0.180. The van der Waals surface area contributed by atoms with E-state index in [1.807, 2.05) is 0 Å². The molecule has 2 aliphatic rings. The van der Waals surface area contributed by atoms with Crippen LogP contribution in [0, 0.1) is 0 Å². The molecule has 0 saturated carbocycles. The maximum Gasteiger partial charge on any atom is 0.215 e. The maximum atomic E-state index is 12.2. The van der Waals surface area contributed by atoms with E-state index >= 15 is 0 Å². The summed E-state index contributed by atoms with van der Waals surface area (Å²) in [6, 6.07) is 0.0160. The van der Waals surface area contributed by atoms with Crippen LogP contribution in [0.3, 0.4) is 0 Å². The van der Waals surface area contributed by atoms with E-state index in [1.165, 1.54) is 4.31 Å². The van der Waals surface area contributed by atoms with Crippen molar-refractivity contribution in [3.63, 3.8) is 0 Å². The predicted molar refractivity (Wildman–Crippen MR) is 69.7 cm³/mol. The largest absolute Gasteiger partial charge is 0.313 e. The van der Waals surface area contributed by atoms with Gasteiger partial charge in [0.15, 0.2) is 9.84 Å². The van der Waals surface area contributed by atoms with Crippen molar-refractivity contribution in [3.05, 3.63) is 0 Å². The van der Waals surface area contributed by atoms with Crippen molar-refractivity contribution in [2.24, 2.45) is 0 Å². The second-order valence-corrected chi connectivity index (χ2v) is 9.29. The molecule has 0 amide bonds. The van der Waals surface area contributed by atoms with Gasteiger partial charge in [-0.25, -0.2) is 16.8 Å². The van der Waals surface area contributed by atoms with Crippen molar-refractivity contribution >= 4 is 19.9 Å². The fraction of sp³-hybridized carbons (Fsp3) is 1.00. The summed E-state index contributed by atoms with van der Waals surface area (Å²) >= 11 is 0. The first-order valence-electron chi connectivity index (χ1n) is 6.31. The zero-order chi connectivity index (χ0) is 13.2. The molecule has 0 aromatic rings. The Bertz CT molecular complexity index is 466. The van der Waals surface area contributed by atoms with Crippen molar-refractivity contribution in [2.75, 3.05) is 36.9 Å². The summed E-state index contributed by atoms with van der Waals surface area (Å²) in [5.74, 6) is -0.0122. The molecule has 0 bridgehead atoms. The van der Waals surface area contributed by atoms with Crippen LogP contribution in [0.4, 0.5) is 0 Å². The van der Waals surface area contributed by atoms with Crippen LogP contribution in [0.1, 0.15) is 19.3 Å². The minimum Gasteiger partial charge on any atom is -0.313 e. The Labute approximate surface area is 109 Å². The Morgan fingerprint density at radius 3 is 2.39 bits per heavy atom. The van der Waals surface area contributed by atoms with Crippen LogP contribution >= 0.6 is 0 Å². The summed E-state index contributed by atoms with van der Waals surface area (Å²) in [6.07, 6.45) is 3.03. The molecule has 0 aromatic heterocycles. The molecule has 106 valence electrons. The number of nitrogens with zero attached hydrogens (tertiary/aromatic N) is 1. The first-order valence-corrected chi connectivity index (χ1v) is 9.74. The maximum absolute atomic E-state index is 12.2. The third kappa shape index (κ3) is 3.66. The lowest BCUT2D eigenvalue weighted by molar-refractivity contribution is 0.398. The van der Waals surface area contributed by atoms with Crippen molar-refractivity contribution in [1.29, 1.82) is 0 Å². The molecular formula is C10H20N2O4S2. The molecule has 1 N–H and O–H groups in total. The van der Waals surface area contributed by atoms with Gasteiger partial charge in [-0.05, 0) is 19.4 Å². The zero-order valence-corrected chi connectivity index (χ0v) is 12.0. The molecule has 2 fully saturated rings. The average molecular weight is 296 g/mol. The molecule has 2 heterocycles. The standard InChI is InChI=1S/C10H20N2O4S2/c13-17(14)7-5-12(6-8-17)18(15,16)9-10-3-1-2-4-11-10/h10-11H,1-9H2. The minimum absolute atomic E-state index is 0.0160. The summed E-state index contributed by atoms with van der Waals surface area (Å²) in [5.41, 5.74) is 0. The fourth-order valence-electron chi connectivity index (χ4n) is 2.40. The van der Waals surface area contributed by atoms with Gasteiger partial charge < -0.3 is 5.32 Å². The van der Waals surface area contributed by atoms with Gasteiger partial charge in [0.2, 0.25) is 10.0 Å². The third-order valence-electron chi connectivity index (χ3n) is 3.52. The summed E-state index contributed by atoms with van der Waals surface area (Å²) in [5, 5.41) is 3.21. The van der Waals surface area contributed by atoms with Crippen LogP contribution in [0.2, 0.25) is 0 Å². The minimum atomic E-state index is -3.33. The van der Waals surface area contributed by atoms with Gasteiger partial charge >= 0.3 is 0 Å². The van der Waals surface area contributed by atoms with Gasteiger partial charge in [0.1, 0.15) is 0 Å². The second kappa shape index (κ2) is 5.44. The van der Waals surface area contributed by atoms with Crippen LogP contribution in [-0.2, 0) is 19.9 Å². The van der Waals surface area contributed by atoms with Gasteiger partial charge in [-0.15, -0.1) is 0 Å². The number of sulfonamides is 1. The smallest absolute Gasteiger partial charge is 0.215 e. The molecule has 0 radical (unpaired) electrons. The normalized spacial score (nSPS) is 30.1. The number of hydrogen-bond donors (Lipinski definition) is 1. The lowest BCUT2D eigenvalue weighted by atomic mass is 10.1. The number of hydrogen-bond acceptors (Lipinski definition) is 5. The quantitative estimate of drug-likeness (QED) is 0.736. The van der Waals surface area contributed by atoms with Gasteiger partial charge in [0.25, 0.3) is 0 Å². The van der Waals surface area contributed by atoms with Crippen LogP contribution < -0.4 is 5.32 Å². The fourth-order valence-corrected chi connectivity index (χ4v) is 5.57. The average Bonchev–Trinajstić information content (AvgIpc) is 2.29. The molecule has 0 aliphatic carbocycles. The number of rotatable bonds is 3. The Morgan fingerprint density at radius 1 is 1.17 bits per heavy atom. The molecule has 2 aliphatic heterocycles. The monoisotopic (exact) mass is 296 g/mol. The molecule has 0 spiro atoms. The van der Waals surface area contributed by atoms with Crippen molar-refractivity contribution in [1.82, 2.24) is 9.62 Å². The highest BCUT2D eigenvalue weighted by molar-refractivity contribution is 7.92. The van der Waals surface area contributed by atoms with Crippen LogP contribution in [0.25, 0.3) is 0 Å².